The van der Waals surface area contributed by atoms with E-state index in [4.69, 9.17) is 0 Å². The second-order valence-electron chi connectivity index (χ2n) is 2.35. The highest BCUT2D eigenvalue weighted by molar-refractivity contribution is 7.72. The van der Waals surface area contributed by atoms with Crippen molar-refractivity contribution >= 4 is 15.4 Å². The largest absolute Gasteiger partial charge is 0.327 e. The van der Waals surface area contributed by atoms with Crippen LogP contribution in [0.4, 0.5) is 0 Å². The molecule has 0 bridgehead atoms. The fourth-order valence-electron chi connectivity index (χ4n) is 0.943. The summed E-state index contributed by atoms with van der Waals surface area (Å²) in [6.45, 7) is 0. The predicted molar refractivity (Wildman–Crippen MR) is 43.9 cm³/mol. The number of hydrogen-bond donors (Lipinski definition) is 2. The Morgan fingerprint density at radius 2 is 1.79 bits per heavy atom. The average Bonchev–Trinajstić information content (AvgIpc) is 2.47. The van der Waals surface area contributed by atoms with E-state index in [0.29, 0.717) is 0 Å². The number of nitrogens with zero attached hydrogens (tertiary/aromatic N) is 2. The zero-order chi connectivity index (χ0) is 10.3. The molecule has 14 heavy (non-hydrogen) atoms. The van der Waals surface area contributed by atoms with Crippen molar-refractivity contribution < 1.29 is 8.42 Å². The van der Waals surface area contributed by atoms with Crippen LogP contribution in [-0.4, -0.2) is 23.5 Å². The van der Waals surface area contributed by atoms with Crippen molar-refractivity contribution in [1.82, 2.24) is 9.97 Å². The second kappa shape index (κ2) is 2.73. The minimum atomic E-state index is -2.62. The summed E-state index contributed by atoms with van der Waals surface area (Å²) in [7, 11) is -2.62. The van der Waals surface area contributed by atoms with Crippen molar-refractivity contribution in [3.63, 3.8) is 0 Å². The van der Waals surface area contributed by atoms with Crippen LogP contribution in [-0.2, 0) is 10.3 Å². The van der Waals surface area contributed by atoms with E-state index in [1.54, 1.807) is 0 Å². The van der Waals surface area contributed by atoms with Gasteiger partial charge in [-0.25, -0.2) is 9.79 Å². The summed E-state index contributed by atoms with van der Waals surface area (Å²) in [6.07, 6.45) is 0. The van der Waals surface area contributed by atoms with Crippen LogP contribution in [0.1, 0.15) is 0 Å². The van der Waals surface area contributed by atoms with E-state index in [0.717, 1.165) is 0 Å². The van der Waals surface area contributed by atoms with Crippen LogP contribution in [0.3, 0.4) is 0 Å². The van der Waals surface area contributed by atoms with Gasteiger partial charge in [0.15, 0.2) is 10.8 Å². The number of aromatic amines is 2. The highest BCUT2D eigenvalue weighted by Gasteiger charge is 2.08. The Bertz CT molecular complexity index is 757. The topological polar surface area (TPSA) is 125 Å². The first-order valence-corrected chi connectivity index (χ1v) is 4.42. The molecule has 0 fully saturated rings. The summed E-state index contributed by atoms with van der Waals surface area (Å²) in [5.74, 6) is 0. The van der Waals surface area contributed by atoms with Crippen molar-refractivity contribution in [2.24, 2.45) is 9.98 Å². The van der Waals surface area contributed by atoms with Crippen molar-refractivity contribution in [3.8, 4) is 0 Å². The van der Waals surface area contributed by atoms with Gasteiger partial charge in [-0.1, -0.05) is 0 Å². The molecule has 2 heterocycles. The molecule has 0 unspecified atom stereocenters. The first-order chi connectivity index (χ1) is 6.58. The molecule has 0 amide bonds. The first-order valence-electron chi connectivity index (χ1n) is 3.34. The zero-order valence-corrected chi connectivity index (χ0v) is 7.25. The van der Waals surface area contributed by atoms with E-state index in [2.05, 4.69) is 15.0 Å². The summed E-state index contributed by atoms with van der Waals surface area (Å²) in [4.78, 5) is 32.7. The Morgan fingerprint density at radius 1 is 1.07 bits per heavy atom. The van der Waals surface area contributed by atoms with Crippen LogP contribution in [0.25, 0.3) is 0 Å². The van der Waals surface area contributed by atoms with Crippen molar-refractivity contribution in [2.75, 3.05) is 0 Å². The fraction of sp³-hybridized carbons (Fsp3) is 0. The lowest BCUT2D eigenvalue weighted by molar-refractivity contribution is 0.626. The predicted octanol–water partition coefficient (Wildman–Crippen LogP) is -3.72. The summed E-state index contributed by atoms with van der Waals surface area (Å²) in [6, 6.07) is 0. The van der Waals surface area contributed by atoms with Gasteiger partial charge >= 0.3 is 5.69 Å². The number of aromatic nitrogens is 2. The van der Waals surface area contributed by atoms with Crippen LogP contribution in [0, 0.1) is 0 Å². The van der Waals surface area contributed by atoms with Gasteiger partial charge in [0.05, 0.1) is 0 Å². The summed E-state index contributed by atoms with van der Waals surface area (Å²) in [5, 5.41) is -0.726. The van der Waals surface area contributed by atoms with Gasteiger partial charge in [0.1, 0.15) is 0 Å². The Balaban J connectivity index is 3.13. The van der Waals surface area contributed by atoms with Crippen LogP contribution in [0.15, 0.2) is 19.6 Å². The number of fused-ring (bicyclic) bond motifs is 1. The monoisotopic (exact) mass is 214 g/mol. The minimum Gasteiger partial charge on any atom is -0.290 e. The molecule has 2 rings (SSSR count). The van der Waals surface area contributed by atoms with Crippen molar-refractivity contribution in [1.29, 1.82) is 0 Å². The third-order valence-corrected chi connectivity index (χ3v) is 1.94. The molecule has 0 saturated heterocycles. The molecule has 0 atom stereocenters. The number of H-pyrrole nitrogens is 2. The molecule has 1 aromatic rings. The van der Waals surface area contributed by atoms with Crippen LogP contribution in [0.5, 0.6) is 0 Å². The van der Waals surface area contributed by atoms with E-state index >= 15 is 0 Å². The van der Waals surface area contributed by atoms with Gasteiger partial charge in [-0.3, -0.25) is 14.8 Å². The number of rotatable bonds is 0. The molecular formula is C5H2N4O4S. The van der Waals surface area contributed by atoms with Gasteiger partial charge in [0.2, 0.25) is 0 Å². The molecule has 0 aliphatic carbocycles. The van der Waals surface area contributed by atoms with Gasteiger partial charge in [-0.05, 0) is 0 Å². The second-order valence-corrected chi connectivity index (χ2v) is 3.18. The number of nitrogens with one attached hydrogen (secondary N) is 2. The van der Waals surface area contributed by atoms with Gasteiger partial charge in [-0.2, -0.15) is 13.4 Å². The molecule has 0 radical (unpaired) electrons. The Hall–Kier alpha value is -2.03. The van der Waals surface area contributed by atoms with Gasteiger partial charge in [0.25, 0.3) is 21.0 Å². The molecular weight excluding hydrogens is 212 g/mol. The molecule has 2 N–H and O–H groups in total. The van der Waals surface area contributed by atoms with E-state index < -0.39 is 26.7 Å². The van der Waals surface area contributed by atoms with Crippen LogP contribution >= 0.6 is 0 Å². The lowest BCUT2D eigenvalue weighted by atomic mass is 10.6. The molecule has 9 heteroatoms. The minimum absolute atomic E-state index is 0.141. The number of hydrogen-bond acceptors (Lipinski definition) is 4. The molecule has 0 aromatic carbocycles. The van der Waals surface area contributed by atoms with Gasteiger partial charge in [-0.15, -0.1) is 0 Å². The third kappa shape index (κ3) is 1.19. The van der Waals surface area contributed by atoms with E-state index in [9.17, 15) is 18.0 Å². The fourth-order valence-corrected chi connectivity index (χ4v) is 1.27. The first kappa shape index (κ1) is 8.56. The van der Waals surface area contributed by atoms with Crippen molar-refractivity contribution in [2.45, 2.75) is 0 Å². The maximum atomic E-state index is 11.1. The third-order valence-electron chi connectivity index (χ3n) is 1.46. The van der Waals surface area contributed by atoms with E-state index in [1.165, 1.54) is 0 Å². The Morgan fingerprint density at radius 3 is 2.43 bits per heavy atom. The highest BCUT2D eigenvalue weighted by atomic mass is 32.2. The molecule has 72 valence electrons. The quantitative estimate of drug-likeness (QED) is 0.431. The standard InChI is InChI=1S/C5H2N4O4S/c10-3-1-2(7-4(11)9-3)8-5(6-1)14(12)13/h(H2,7,8,9,10,11). The molecule has 0 saturated carbocycles. The smallest absolute Gasteiger partial charge is 0.290 e. The zero-order valence-electron chi connectivity index (χ0n) is 6.44. The molecule has 1 aliphatic rings. The lowest BCUT2D eigenvalue weighted by Gasteiger charge is -1.79. The average molecular weight is 214 g/mol. The van der Waals surface area contributed by atoms with Crippen molar-refractivity contribution in [3.05, 3.63) is 31.7 Å². The highest BCUT2D eigenvalue weighted by Crippen LogP contribution is 1.77. The SMILES string of the molecule is O=c1[nH]c(=O)c2c([nH]1)=NC(=S(=O)=O)N=2. The van der Waals surface area contributed by atoms with Crippen LogP contribution in [0.2, 0.25) is 0 Å². The van der Waals surface area contributed by atoms with E-state index in [-0.39, 0.29) is 10.8 Å². The van der Waals surface area contributed by atoms with E-state index in [1.807, 2.05) is 4.98 Å². The summed E-state index contributed by atoms with van der Waals surface area (Å²) < 4.78 is 20.9. The Labute approximate surface area is 76.2 Å². The van der Waals surface area contributed by atoms with Gasteiger partial charge < -0.3 is 0 Å². The molecule has 1 aliphatic heterocycles. The molecule has 1 aromatic heterocycles. The summed E-state index contributed by atoms with van der Waals surface area (Å²) in [5.41, 5.74) is -1.67. The maximum Gasteiger partial charge on any atom is 0.327 e. The molecule has 0 spiro atoms. The Kier molecular flexibility index (Phi) is 1.67. The summed E-state index contributed by atoms with van der Waals surface area (Å²) >= 11 is 0. The molecule has 8 nitrogen and oxygen atoms in total. The lowest BCUT2D eigenvalue weighted by Crippen LogP contribution is -2.46. The normalized spacial score (nSPS) is 13.0. The van der Waals surface area contributed by atoms with Gasteiger partial charge in [0, 0.05) is 0 Å². The maximum absolute atomic E-state index is 11.1. The van der Waals surface area contributed by atoms with Crippen LogP contribution < -0.4 is 22.1 Å².